The molecule has 4 rings (SSSR count). The Morgan fingerprint density at radius 2 is 1.58 bits per heavy atom. The van der Waals surface area contributed by atoms with Crippen molar-refractivity contribution in [1.82, 2.24) is 0 Å². The van der Waals surface area contributed by atoms with Crippen LogP contribution in [0.4, 0.5) is 0 Å². The highest BCUT2D eigenvalue weighted by atomic mass is 35.5. The molecule has 0 aromatic rings. The second kappa shape index (κ2) is 6.27. The average molecular weight is 354 g/mol. The maximum Gasteiger partial charge on any atom is 0.133 e. The molecule has 4 fully saturated rings. The molecule has 0 unspecified atom stereocenters. The van der Waals surface area contributed by atoms with Gasteiger partial charge < -0.3 is 5.73 Å². The number of fused-ring (bicyclic) bond motifs is 5. The Labute approximate surface area is 154 Å². The van der Waals surface area contributed by atoms with E-state index >= 15 is 0 Å². The number of hydrogen-bond donors (Lipinski definition) is 1. The van der Waals surface area contributed by atoms with Crippen LogP contribution in [0.15, 0.2) is 0 Å². The van der Waals surface area contributed by atoms with Gasteiger partial charge in [0.2, 0.25) is 0 Å². The van der Waals surface area contributed by atoms with Gasteiger partial charge in [0.1, 0.15) is 5.78 Å². The Hall–Kier alpha value is -0.0800. The minimum Gasteiger partial charge on any atom is -0.328 e. The van der Waals surface area contributed by atoms with Crippen molar-refractivity contribution in [2.75, 3.05) is 0 Å². The smallest absolute Gasteiger partial charge is 0.133 e. The van der Waals surface area contributed by atoms with E-state index in [1.807, 2.05) is 6.92 Å². The zero-order chi connectivity index (χ0) is 16.4. The third kappa shape index (κ3) is 2.50. The second-order valence-electron chi connectivity index (χ2n) is 9.98. The highest BCUT2D eigenvalue weighted by molar-refractivity contribution is 5.85. The first kappa shape index (κ1) is 18.7. The molecule has 4 aliphatic carbocycles. The van der Waals surface area contributed by atoms with Gasteiger partial charge in [0.05, 0.1) is 0 Å². The Bertz CT molecular complexity index is 508. The topological polar surface area (TPSA) is 43.1 Å². The van der Waals surface area contributed by atoms with Gasteiger partial charge in [-0.05, 0) is 99.2 Å². The molecule has 24 heavy (non-hydrogen) atoms. The molecule has 0 heterocycles. The van der Waals surface area contributed by atoms with Crippen molar-refractivity contribution in [2.24, 2.45) is 46.2 Å². The molecule has 3 heteroatoms. The summed E-state index contributed by atoms with van der Waals surface area (Å²) in [6, 6.07) is 0.451. The normalized spacial score (nSPS) is 53.3. The van der Waals surface area contributed by atoms with E-state index in [1.54, 1.807) is 0 Å². The molecule has 0 spiro atoms. The van der Waals surface area contributed by atoms with Crippen molar-refractivity contribution in [3.05, 3.63) is 0 Å². The fourth-order valence-corrected chi connectivity index (χ4v) is 7.96. The molecular formula is C21H36ClNO. The van der Waals surface area contributed by atoms with E-state index in [1.165, 1.54) is 51.4 Å². The minimum absolute atomic E-state index is 0. The fourth-order valence-electron chi connectivity index (χ4n) is 7.96. The summed E-state index contributed by atoms with van der Waals surface area (Å²) in [5.74, 6) is 4.26. The molecule has 2 N–H and O–H groups in total. The molecule has 0 aromatic heterocycles. The molecule has 0 amide bonds. The maximum atomic E-state index is 12.2. The van der Waals surface area contributed by atoms with Crippen molar-refractivity contribution in [1.29, 1.82) is 0 Å². The summed E-state index contributed by atoms with van der Waals surface area (Å²) in [5, 5.41) is 0. The lowest BCUT2D eigenvalue weighted by Crippen LogP contribution is -2.54. The van der Waals surface area contributed by atoms with Crippen LogP contribution in [0.3, 0.4) is 0 Å². The predicted molar refractivity (Wildman–Crippen MR) is 101 cm³/mol. The second-order valence-corrected chi connectivity index (χ2v) is 9.98. The third-order valence-electron chi connectivity index (χ3n) is 9.20. The summed E-state index contributed by atoms with van der Waals surface area (Å²) in [4.78, 5) is 12.2. The van der Waals surface area contributed by atoms with Gasteiger partial charge in [0.15, 0.2) is 0 Å². The van der Waals surface area contributed by atoms with Crippen LogP contribution in [0.5, 0.6) is 0 Å². The number of ketones is 1. The molecule has 8 atom stereocenters. The molecule has 4 saturated carbocycles. The molecule has 138 valence electrons. The molecule has 4 aliphatic rings. The zero-order valence-corrected chi connectivity index (χ0v) is 16.5. The number of Topliss-reactive ketones (excluding diaryl/α,β-unsaturated/α-hetero) is 1. The molecular weight excluding hydrogens is 318 g/mol. The summed E-state index contributed by atoms with van der Waals surface area (Å²) in [7, 11) is 0. The minimum atomic E-state index is 0. The Morgan fingerprint density at radius 1 is 0.917 bits per heavy atom. The van der Waals surface area contributed by atoms with E-state index < -0.39 is 0 Å². The largest absolute Gasteiger partial charge is 0.328 e. The van der Waals surface area contributed by atoms with Crippen LogP contribution in [0.1, 0.15) is 78.6 Å². The summed E-state index contributed by atoms with van der Waals surface area (Å²) in [5.41, 5.74) is 7.13. The van der Waals surface area contributed by atoms with Crippen LogP contribution in [-0.4, -0.2) is 11.8 Å². The quantitative estimate of drug-likeness (QED) is 0.722. The number of carbonyl (C=O) groups excluding carboxylic acids is 1. The van der Waals surface area contributed by atoms with Gasteiger partial charge in [-0.15, -0.1) is 12.4 Å². The highest BCUT2D eigenvalue weighted by Gasteiger charge is 2.60. The summed E-state index contributed by atoms with van der Waals surface area (Å²) in [6.07, 6.45) is 11.8. The predicted octanol–water partition coefficient (Wildman–Crippen LogP) is 4.98. The summed E-state index contributed by atoms with van der Waals surface area (Å²) in [6.45, 7) is 6.89. The lowest BCUT2D eigenvalue weighted by Gasteiger charge is -2.61. The molecule has 0 radical (unpaired) electrons. The molecule has 0 bridgehead atoms. The zero-order valence-electron chi connectivity index (χ0n) is 15.7. The van der Waals surface area contributed by atoms with Crippen LogP contribution in [-0.2, 0) is 4.79 Å². The number of carbonyl (C=O) groups is 1. The van der Waals surface area contributed by atoms with Crippen LogP contribution < -0.4 is 5.73 Å². The maximum absolute atomic E-state index is 12.2. The first-order valence-corrected chi connectivity index (χ1v) is 10.1. The molecule has 2 nitrogen and oxygen atoms in total. The lowest BCUT2D eigenvalue weighted by molar-refractivity contribution is -0.134. The summed E-state index contributed by atoms with van der Waals surface area (Å²) < 4.78 is 0. The van der Waals surface area contributed by atoms with Crippen LogP contribution in [0.2, 0.25) is 0 Å². The van der Waals surface area contributed by atoms with Crippen molar-refractivity contribution >= 4 is 18.2 Å². The number of halogens is 1. The van der Waals surface area contributed by atoms with E-state index in [-0.39, 0.29) is 12.4 Å². The van der Waals surface area contributed by atoms with Crippen LogP contribution in [0, 0.1) is 40.4 Å². The monoisotopic (exact) mass is 353 g/mol. The van der Waals surface area contributed by atoms with Crippen LogP contribution in [0.25, 0.3) is 0 Å². The fraction of sp³-hybridized carbons (Fsp3) is 0.952. The van der Waals surface area contributed by atoms with Gasteiger partial charge in [0, 0.05) is 12.0 Å². The highest BCUT2D eigenvalue weighted by Crippen LogP contribution is 2.67. The first-order chi connectivity index (χ1) is 10.9. The standard InChI is InChI=1S/C21H35NO.ClH/c1-13(23)17-6-7-18-16-5-4-14-12-15(22)8-10-20(14,2)19(16)9-11-21(17,18)3;/h14-19H,4-12,22H2,1-3H3;1H/t14-,15+,16-,17+,18-,19-,20-,21+;/m0./s1. The van der Waals surface area contributed by atoms with Gasteiger partial charge in [-0.2, -0.15) is 0 Å². The SMILES string of the molecule is CC(=O)[C@H]1CC[C@H]2[C@@H]3CC[C@H]4C[C@H](N)CC[C@]4(C)[C@H]3CC[C@]12C.Cl. The first-order valence-electron chi connectivity index (χ1n) is 10.1. The van der Waals surface area contributed by atoms with E-state index in [0.717, 1.165) is 30.1 Å². The van der Waals surface area contributed by atoms with Crippen molar-refractivity contribution < 1.29 is 4.79 Å². The Kier molecular flexibility index (Phi) is 4.88. The molecule has 0 saturated heterocycles. The van der Waals surface area contributed by atoms with Gasteiger partial charge in [-0.3, -0.25) is 4.79 Å². The number of hydrogen-bond acceptors (Lipinski definition) is 2. The van der Waals surface area contributed by atoms with Crippen molar-refractivity contribution in [3.8, 4) is 0 Å². The molecule has 0 aromatic carbocycles. The van der Waals surface area contributed by atoms with E-state index in [0.29, 0.717) is 28.6 Å². The van der Waals surface area contributed by atoms with Gasteiger partial charge >= 0.3 is 0 Å². The average Bonchev–Trinajstić information content (AvgIpc) is 2.85. The van der Waals surface area contributed by atoms with Gasteiger partial charge in [0.25, 0.3) is 0 Å². The number of rotatable bonds is 1. The van der Waals surface area contributed by atoms with Crippen molar-refractivity contribution in [3.63, 3.8) is 0 Å². The van der Waals surface area contributed by atoms with Gasteiger partial charge in [-0.1, -0.05) is 13.8 Å². The summed E-state index contributed by atoms with van der Waals surface area (Å²) >= 11 is 0. The van der Waals surface area contributed by atoms with Crippen molar-refractivity contribution in [2.45, 2.75) is 84.6 Å². The number of nitrogens with two attached hydrogens (primary N) is 1. The Morgan fingerprint density at radius 3 is 2.29 bits per heavy atom. The van der Waals surface area contributed by atoms with E-state index in [4.69, 9.17) is 5.73 Å². The van der Waals surface area contributed by atoms with E-state index in [2.05, 4.69) is 13.8 Å². The Balaban J connectivity index is 0.00000169. The van der Waals surface area contributed by atoms with Crippen LogP contribution >= 0.6 is 12.4 Å². The third-order valence-corrected chi connectivity index (χ3v) is 9.20. The van der Waals surface area contributed by atoms with Gasteiger partial charge in [-0.25, -0.2) is 0 Å². The lowest BCUT2D eigenvalue weighted by atomic mass is 9.44. The van der Waals surface area contributed by atoms with E-state index in [9.17, 15) is 4.79 Å². The molecule has 0 aliphatic heterocycles.